The van der Waals surface area contributed by atoms with Gasteiger partial charge in [0.1, 0.15) is 0 Å². The number of rotatable bonds is 8. The van der Waals surface area contributed by atoms with Crippen LogP contribution in [0.25, 0.3) is 0 Å². The highest BCUT2D eigenvalue weighted by molar-refractivity contribution is 9.10. The molecule has 1 atom stereocenters. The minimum Gasteiger partial charge on any atom is -0.373 e. The van der Waals surface area contributed by atoms with E-state index in [-0.39, 0.29) is 0 Å². The number of halogens is 1. The Morgan fingerprint density at radius 3 is 2.79 bits per heavy atom. The van der Waals surface area contributed by atoms with Gasteiger partial charge in [0.25, 0.3) is 0 Å². The molecule has 0 aromatic heterocycles. The lowest BCUT2D eigenvalue weighted by Gasteiger charge is -2.26. The molecule has 1 rings (SSSR count). The zero-order valence-electron chi connectivity index (χ0n) is 12.4. The fourth-order valence-corrected chi connectivity index (χ4v) is 2.84. The van der Waals surface area contributed by atoms with Gasteiger partial charge in [-0.05, 0) is 43.8 Å². The lowest BCUT2D eigenvalue weighted by Crippen LogP contribution is -2.25. The fourth-order valence-electron chi connectivity index (χ4n) is 2.03. The standard InChI is InChI=1S/C15H25BrN2S/c1-5-8-17-12(2)14-7-6-13(16)11-15(14)18(3)9-10-19-4/h6-7,11-12,17H,5,8-10H2,1-4H3. The molecule has 0 aliphatic rings. The second-order valence-electron chi connectivity index (χ2n) is 4.79. The summed E-state index contributed by atoms with van der Waals surface area (Å²) in [6, 6.07) is 6.97. The average molecular weight is 345 g/mol. The number of benzene rings is 1. The molecule has 19 heavy (non-hydrogen) atoms. The zero-order valence-corrected chi connectivity index (χ0v) is 14.8. The van der Waals surface area contributed by atoms with Gasteiger partial charge < -0.3 is 10.2 Å². The SMILES string of the molecule is CCCNC(C)c1ccc(Br)cc1N(C)CCSC. The fraction of sp³-hybridized carbons (Fsp3) is 0.600. The van der Waals surface area contributed by atoms with Gasteiger partial charge in [0.15, 0.2) is 0 Å². The van der Waals surface area contributed by atoms with Gasteiger partial charge in [-0.25, -0.2) is 0 Å². The van der Waals surface area contributed by atoms with Gasteiger partial charge in [-0.2, -0.15) is 11.8 Å². The van der Waals surface area contributed by atoms with E-state index in [1.54, 1.807) is 0 Å². The van der Waals surface area contributed by atoms with Crippen molar-refractivity contribution in [3.05, 3.63) is 28.2 Å². The van der Waals surface area contributed by atoms with Gasteiger partial charge in [0.05, 0.1) is 0 Å². The lowest BCUT2D eigenvalue weighted by atomic mass is 10.1. The highest BCUT2D eigenvalue weighted by atomic mass is 79.9. The molecule has 0 fully saturated rings. The third-order valence-electron chi connectivity index (χ3n) is 3.20. The highest BCUT2D eigenvalue weighted by Crippen LogP contribution is 2.29. The second-order valence-corrected chi connectivity index (χ2v) is 6.69. The van der Waals surface area contributed by atoms with E-state index in [2.05, 4.69) is 71.5 Å². The molecule has 0 radical (unpaired) electrons. The highest BCUT2D eigenvalue weighted by Gasteiger charge is 2.13. The molecule has 1 N–H and O–H groups in total. The van der Waals surface area contributed by atoms with Crippen LogP contribution in [0.3, 0.4) is 0 Å². The van der Waals surface area contributed by atoms with E-state index >= 15 is 0 Å². The van der Waals surface area contributed by atoms with Crippen LogP contribution in [0, 0.1) is 0 Å². The first kappa shape index (κ1) is 16.9. The molecule has 0 aliphatic heterocycles. The maximum Gasteiger partial charge on any atom is 0.0423 e. The molecule has 0 heterocycles. The predicted octanol–water partition coefficient (Wildman–Crippen LogP) is 4.31. The molecule has 0 aliphatic carbocycles. The van der Waals surface area contributed by atoms with Gasteiger partial charge in [-0.15, -0.1) is 0 Å². The summed E-state index contributed by atoms with van der Waals surface area (Å²) in [5.41, 5.74) is 2.69. The molecule has 0 spiro atoms. The van der Waals surface area contributed by atoms with E-state index in [0.29, 0.717) is 6.04 Å². The van der Waals surface area contributed by atoms with Crippen molar-refractivity contribution in [2.75, 3.05) is 37.0 Å². The van der Waals surface area contributed by atoms with Gasteiger partial charge in [-0.1, -0.05) is 28.9 Å². The van der Waals surface area contributed by atoms with Gasteiger partial charge in [0, 0.05) is 35.5 Å². The lowest BCUT2D eigenvalue weighted by molar-refractivity contribution is 0.570. The summed E-state index contributed by atoms with van der Waals surface area (Å²) in [6.07, 6.45) is 3.32. The Morgan fingerprint density at radius 2 is 2.16 bits per heavy atom. The minimum absolute atomic E-state index is 0.389. The summed E-state index contributed by atoms with van der Waals surface area (Å²) in [4.78, 5) is 2.35. The van der Waals surface area contributed by atoms with Gasteiger partial charge >= 0.3 is 0 Å². The van der Waals surface area contributed by atoms with Crippen molar-refractivity contribution in [3.63, 3.8) is 0 Å². The van der Waals surface area contributed by atoms with Crippen molar-refractivity contribution in [2.24, 2.45) is 0 Å². The first-order chi connectivity index (χ1) is 9.10. The van der Waals surface area contributed by atoms with Crippen LogP contribution in [-0.2, 0) is 0 Å². The smallest absolute Gasteiger partial charge is 0.0423 e. The molecule has 0 bridgehead atoms. The van der Waals surface area contributed by atoms with Crippen LogP contribution in [0.15, 0.2) is 22.7 Å². The summed E-state index contributed by atoms with van der Waals surface area (Å²) in [5, 5.41) is 3.57. The first-order valence-corrected chi connectivity index (χ1v) is 9.01. The second kappa shape index (κ2) is 8.88. The van der Waals surface area contributed by atoms with Crippen molar-refractivity contribution in [1.82, 2.24) is 5.32 Å². The van der Waals surface area contributed by atoms with Crippen molar-refractivity contribution >= 4 is 33.4 Å². The van der Waals surface area contributed by atoms with Crippen LogP contribution in [-0.4, -0.2) is 32.1 Å². The van der Waals surface area contributed by atoms with Crippen LogP contribution >= 0.6 is 27.7 Å². The summed E-state index contributed by atoms with van der Waals surface area (Å²) in [6.45, 7) is 6.58. The molecular weight excluding hydrogens is 320 g/mol. The zero-order chi connectivity index (χ0) is 14.3. The molecule has 108 valence electrons. The molecule has 4 heteroatoms. The maximum atomic E-state index is 3.58. The van der Waals surface area contributed by atoms with Crippen LogP contribution in [0.2, 0.25) is 0 Å². The summed E-state index contributed by atoms with van der Waals surface area (Å²) >= 11 is 5.47. The van der Waals surface area contributed by atoms with E-state index < -0.39 is 0 Å². The van der Waals surface area contributed by atoms with Crippen molar-refractivity contribution < 1.29 is 0 Å². The largest absolute Gasteiger partial charge is 0.373 e. The maximum absolute atomic E-state index is 3.58. The Labute approximate surface area is 130 Å². The number of hydrogen-bond donors (Lipinski definition) is 1. The van der Waals surface area contributed by atoms with E-state index in [0.717, 1.165) is 23.3 Å². The normalized spacial score (nSPS) is 12.5. The van der Waals surface area contributed by atoms with E-state index in [9.17, 15) is 0 Å². The van der Waals surface area contributed by atoms with Crippen molar-refractivity contribution in [3.8, 4) is 0 Å². The molecule has 0 amide bonds. The Balaban J connectivity index is 2.90. The topological polar surface area (TPSA) is 15.3 Å². The molecule has 2 nitrogen and oxygen atoms in total. The quantitative estimate of drug-likeness (QED) is 0.756. The molecule has 0 saturated heterocycles. The number of nitrogens with one attached hydrogen (secondary N) is 1. The summed E-state index contributed by atoms with van der Waals surface area (Å²) in [5.74, 6) is 1.15. The molecular formula is C15H25BrN2S. The van der Waals surface area contributed by atoms with Gasteiger partial charge in [-0.3, -0.25) is 0 Å². The van der Waals surface area contributed by atoms with Crippen molar-refractivity contribution in [2.45, 2.75) is 26.3 Å². The van der Waals surface area contributed by atoms with E-state index in [1.807, 2.05) is 11.8 Å². The summed E-state index contributed by atoms with van der Waals surface area (Å²) in [7, 11) is 2.17. The number of hydrogen-bond acceptors (Lipinski definition) is 3. The Kier molecular flexibility index (Phi) is 7.88. The average Bonchev–Trinajstić information content (AvgIpc) is 2.41. The van der Waals surface area contributed by atoms with Crippen LogP contribution in [0.5, 0.6) is 0 Å². The Morgan fingerprint density at radius 1 is 1.42 bits per heavy atom. The van der Waals surface area contributed by atoms with Crippen LogP contribution in [0.1, 0.15) is 31.9 Å². The van der Waals surface area contributed by atoms with Crippen molar-refractivity contribution in [1.29, 1.82) is 0 Å². The Hall–Kier alpha value is -0.190. The number of anilines is 1. The molecule has 0 saturated carbocycles. The number of nitrogens with zero attached hydrogens (tertiary/aromatic N) is 1. The van der Waals surface area contributed by atoms with Gasteiger partial charge in [0.2, 0.25) is 0 Å². The minimum atomic E-state index is 0.389. The Bertz CT molecular complexity index is 384. The monoisotopic (exact) mass is 344 g/mol. The van der Waals surface area contributed by atoms with Crippen LogP contribution < -0.4 is 10.2 Å². The first-order valence-electron chi connectivity index (χ1n) is 6.83. The number of thioether (sulfide) groups is 1. The van der Waals surface area contributed by atoms with E-state index in [1.165, 1.54) is 17.7 Å². The molecule has 1 aromatic rings. The molecule has 1 unspecified atom stereocenters. The third kappa shape index (κ3) is 5.36. The van der Waals surface area contributed by atoms with Crippen LogP contribution in [0.4, 0.5) is 5.69 Å². The predicted molar refractivity (Wildman–Crippen MR) is 92.5 cm³/mol. The third-order valence-corrected chi connectivity index (χ3v) is 4.29. The molecule has 1 aromatic carbocycles. The summed E-state index contributed by atoms with van der Waals surface area (Å²) < 4.78 is 1.14. The van der Waals surface area contributed by atoms with E-state index in [4.69, 9.17) is 0 Å².